The van der Waals surface area contributed by atoms with Gasteiger partial charge in [-0.05, 0) is 37.0 Å². The standard InChI is InChI=1S/C15H18FNO3S/c1-17(11-12-5-6-12)21(19,20)14-8-7-13(15(16)10-14)4-2-3-9-18/h7-8,10,12,18H,3,5-6,9,11H2,1H3. The molecular formula is C15H18FNO3S. The number of hydrogen-bond acceptors (Lipinski definition) is 3. The fraction of sp³-hybridized carbons (Fsp3) is 0.467. The quantitative estimate of drug-likeness (QED) is 0.840. The van der Waals surface area contributed by atoms with Gasteiger partial charge in [0, 0.05) is 20.0 Å². The molecule has 1 aliphatic carbocycles. The Morgan fingerprint density at radius 2 is 2.14 bits per heavy atom. The van der Waals surface area contributed by atoms with Gasteiger partial charge in [-0.25, -0.2) is 17.1 Å². The van der Waals surface area contributed by atoms with E-state index in [0.717, 1.165) is 18.9 Å². The molecule has 1 fully saturated rings. The molecule has 1 saturated carbocycles. The van der Waals surface area contributed by atoms with E-state index < -0.39 is 15.8 Å². The molecule has 0 heterocycles. The van der Waals surface area contributed by atoms with E-state index in [4.69, 9.17) is 5.11 Å². The molecule has 1 aromatic carbocycles. The Morgan fingerprint density at radius 1 is 1.43 bits per heavy atom. The van der Waals surface area contributed by atoms with Gasteiger partial charge in [0.15, 0.2) is 0 Å². The summed E-state index contributed by atoms with van der Waals surface area (Å²) < 4.78 is 39.8. The highest BCUT2D eigenvalue weighted by atomic mass is 32.2. The van der Waals surface area contributed by atoms with E-state index in [1.165, 1.54) is 23.5 Å². The number of hydrogen-bond donors (Lipinski definition) is 1. The van der Waals surface area contributed by atoms with Gasteiger partial charge in [-0.2, -0.15) is 0 Å². The van der Waals surface area contributed by atoms with E-state index >= 15 is 0 Å². The molecule has 0 bridgehead atoms. The van der Waals surface area contributed by atoms with E-state index in [-0.39, 0.29) is 23.5 Å². The fourth-order valence-corrected chi connectivity index (χ4v) is 3.17. The first kappa shape index (κ1) is 16.0. The van der Waals surface area contributed by atoms with Crippen molar-refractivity contribution in [2.24, 2.45) is 5.92 Å². The molecule has 2 rings (SSSR count). The van der Waals surface area contributed by atoms with Crippen LogP contribution in [0.1, 0.15) is 24.8 Å². The topological polar surface area (TPSA) is 57.6 Å². The molecule has 0 atom stereocenters. The second-order valence-electron chi connectivity index (χ2n) is 5.15. The smallest absolute Gasteiger partial charge is 0.242 e. The molecule has 1 N–H and O–H groups in total. The average Bonchev–Trinajstić information content (AvgIpc) is 3.24. The van der Waals surface area contributed by atoms with Crippen LogP contribution in [0.3, 0.4) is 0 Å². The summed E-state index contributed by atoms with van der Waals surface area (Å²) in [6.45, 7) is 0.384. The number of halogens is 1. The summed E-state index contributed by atoms with van der Waals surface area (Å²) in [5, 5.41) is 8.62. The molecule has 1 aliphatic rings. The van der Waals surface area contributed by atoms with Gasteiger partial charge < -0.3 is 5.11 Å². The first-order valence-corrected chi connectivity index (χ1v) is 8.25. The molecule has 0 spiro atoms. The van der Waals surface area contributed by atoms with Crippen LogP contribution in [0.2, 0.25) is 0 Å². The van der Waals surface area contributed by atoms with Crippen molar-refractivity contribution in [3.05, 3.63) is 29.6 Å². The molecule has 21 heavy (non-hydrogen) atoms. The van der Waals surface area contributed by atoms with E-state index in [0.29, 0.717) is 12.5 Å². The number of nitrogens with zero attached hydrogens (tertiary/aromatic N) is 1. The van der Waals surface area contributed by atoms with Gasteiger partial charge in [-0.15, -0.1) is 0 Å². The second-order valence-corrected chi connectivity index (χ2v) is 7.19. The average molecular weight is 311 g/mol. The summed E-state index contributed by atoms with van der Waals surface area (Å²) >= 11 is 0. The molecule has 1 aromatic rings. The largest absolute Gasteiger partial charge is 0.395 e. The summed E-state index contributed by atoms with van der Waals surface area (Å²) in [7, 11) is -2.14. The number of benzene rings is 1. The van der Waals surface area contributed by atoms with Crippen molar-refractivity contribution in [3.63, 3.8) is 0 Å². The van der Waals surface area contributed by atoms with Crippen LogP contribution < -0.4 is 0 Å². The van der Waals surface area contributed by atoms with Gasteiger partial charge in [0.25, 0.3) is 0 Å². The number of aliphatic hydroxyl groups excluding tert-OH is 1. The zero-order valence-electron chi connectivity index (χ0n) is 11.8. The van der Waals surface area contributed by atoms with Crippen molar-refractivity contribution >= 4 is 10.0 Å². The molecular weight excluding hydrogens is 293 g/mol. The normalized spacial score (nSPS) is 14.9. The van der Waals surface area contributed by atoms with Crippen molar-refractivity contribution in [1.82, 2.24) is 4.31 Å². The fourth-order valence-electron chi connectivity index (χ4n) is 1.91. The lowest BCUT2D eigenvalue weighted by Crippen LogP contribution is -2.29. The van der Waals surface area contributed by atoms with Crippen molar-refractivity contribution in [2.45, 2.75) is 24.2 Å². The molecule has 0 aliphatic heterocycles. The van der Waals surface area contributed by atoms with Gasteiger partial charge in [0.05, 0.1) is 17.1 Å². The predicted molar refractivity (Wildman–Crippen MR) is 77.5 cm³/mol. The van der Waals surface area contributed by atoms with Crippen LogP contribution in [-0.4, -0.2) is 38.0 Å². The van der Waals surface area contributed by atoms with Crippen molar-refractivity contribution < 1.29 is 17.9 Å². The first-order valence-electron chi connectivity index (χ1n) is 6.81. The Kier molecular flexibility index (Phi) is 4.99. The summed E-state index contributed by atoms with van der Waals surface area (Å²) in [6.07, 6.45) is 2.35. The Bertz CT molecular complexity index is 672. The maximum Gasteiger partial charge on any atom is 0.242 e. The monoisotopic (exact) mass is 311 g/mol. The Labute approximate surface area is 124 Å². The highest BCUT2D eigenvalue weighted by Crippen LogP contribution is 2.31. The predicted octanol–water partition coefficient (Wildman–Crippen LogP) is 1.59. The zero-order valence-corrected chi connectivity index (χ0v) is 12.7. The van der Waals surface area contributed by atoms with Crippen LogP contribution in [0, 0.1) is 23.6 Å². The Morgan fingerprint density at radius 3 is 2.71 bits per heavy atom. The van der Waals surface area contributed by atoms with E-state index in [2.05, 4.69) is 11.8 Å². The molecule has 0 unspecified atom stereocenters. The minimum absolute atomic E-state index is 0.0594. The molecule has 0 aromatic heterocycles. The van der Waals surface area contributed by atoms with Crippen molar-refractivity contribution in [1.29, 1.82) is 0 Å². The van der Waals surface area contributed by atoms with Crippen LogP contribution in [0.5, 0.6) is 0 Å². The maximum absolute atomic E-state index is 13.9. The van der Waals surface area contributed by atoms with Crippen LogP contribution >= 0.6 is 0 Å². The highest BCUT2D eigenvalue weighted by molar-refractivity contribution is 7.89. The first-order chi connectivity index (χ1) is 9.95. The number of sulfonamides is 1. The lowest BCUT2D eigenvalue weighted by Gasteiger charge is -2.16. The SMILES string of the molecule is CN(CC1CC1)S(=O)(=O)c1ccc(C#CCCO)c(F)c1. The molecule has 0 saturated heterocycles. The minimum Gasteiger partial charge on any atom is -0.395 e. The third-order valence-electron chi connectivity index (χ3n) is 3.32. The minimum atomic E-state index is -3.65. The van der Waals surface area contributed by atoms with Gasteiger partial charge in [0.2, 0.25) is 10.0 Å². The van der Waals surface area contributed by atoms with Gasteiger partial charge in [0.1, 0.15) is 5.82 Å². The van der Waals surface area contributed by atoms with E-state index in [1.54, 1.807) is 0 Å². The molecule has 0 radical (unpaired) electrons. The van der Waals surface area contributed by atoms with Gasteiger partial charge in [-0.1, -0.05) is 11.8 Å². The zero-order chi connectivity index (χ0) is 15.5. The summed E-state index contributed by atoms with van der Waals surface area (Å²) in [4.78, 5) is -0.0594. The van der Waals surface area contributed by atoms with Gasteiger partial charge >= 0.3 is 0 Å². The second kappa shape index (κ2) is 6.56. The summed E-state index contributed by atoms with van der Waals surface area (Å²) in [5.74, 6) is 4.94. The lowest BCUT2D eigenvalue weighted by atomic mass is 10.2. The third-order valence-corrected chi connectivity index (χ3v) is 5.14. The third kappa shape index (κ3) is 4.03. The molecule has 6 heteroatoms. The Hall–Kier alpha value is -1.42. The van der Waals surface area contributed by atoms with Crippen LogP contribution in [0.4, 0.5) is 4.39 Å². The lowest BCUT2D eigenvalue weighted by molar-refractivity contribution is 0.305. The van der Waals surface area contributed by atoms with Gasteiger partial charge in [-0.3, -0.25) is 0 Å². The highest BCUT2D eigenvalue weighted by Gasteiger charge is 2.29. The van der Waals surface area contributed by atoms with Crippen LogP contribution in [0.25, 0.3) is 0 Å². The number of rotatable bonds is 5. The maximum atomic E-state index is 13.9. The van der Waals surface area contributed by atoms with Crippen LogP contribution in [-0.2, 0) is 10.0 Å². The van der Waals surface area contributed by atoms with E-state index in [9.17, 15) is 12.8 Å². The van der Waals surface area contributed by atoms with E-state index in [1.807, 2.05) is 0 Å². The van der Waals surface area contributed by atoms with Crippen LogP contribution in [0.15, 0.2) is 23.1 Å². The van der Waals surface area contributed by atoms with Crippen molar-refractivity contribution in [3.8, 4) is 11.8 Å². The summed E-state index contributed by atoms with van der Waals surface area (Å²) in [6, 6.07) is 3.73. The number of aliphatic hydroxyl groups is 1. The van der Waals surface area contributed by atoms with Crippen molar-refractivity contribution in [2.75, 3.05) is 20.2 Å². The molecule has 4 nitrogen and oxygen atoms in total. The molecule has 114 valence electrons. The molecule has 0 amide bonds. The summed E-state index contributed by atoms with van der Waals surface area (Å²) in [5.41, 5.74) is 0.132. The Balaban J connectivity index is 2.20.